The van der Waals surface area contributed by atoms with Crippen LogP contribution in [0.15, 0.2) is 61.2 Å². The number of rotatable bonds is 11. The molecule has 13 heteroatoms. The number of benzene rings is 2. The number of aromatic nitrogens is 4. The van der Waals surface area contributed by atoms with Crippen molar-refractivity contribution in [3.05, 3.63) is 77.9 Å². The van der Waals surface area contributed by atoms with E-state index < -0.39 is 7.60 Å². The summed E-state index contributed by atoms with van der Waals surface area (Å²) in [5.74, 6) is 1.46. The first-order chi connectivity index (χ1) is 19.3. The predicted octanol–water partition coefficient (Wildman–Crippen LogP) is 5.76. The molecular weight excluding hydrogens is 569 g/mol. The molecule has 4 atom stereocenters. The van der Waals surface area contributed by atoms with Crippen molar-refractivity contribution in [3.63, 3.8) is 0 Å². The van der Waals surface area contributed by atoms with Gasteiger partial charge >= 0.3 is 7.60 Å². The lowest BCUT2D eigenvalue weighted by Gasteiger charge is -2.32. The van der Waals surface area contributed by atoms with E-state index in [1.54, 1.807) is 34.0 Å². The van der Waals surface area contributed by atoms with Crippen LogP contribution in [0.3, 0.4) is 0 Å². The van der Waals surface area contributed by atoms with E-state index in [-0.39, 0.29) is 30.4 Å². The number of aliphatic hydroxyl groups excluding tert-OH is 1. The second kappa shape index (κ2) is 12.9. The number of nitrogens with two attached hydrogens (primary N) is 1. The molecule has 3 heterocycles. The topological polar surface area (TPSA) is 135 Å². The number of aliphatic hydroxyl groups is 1. The zero-order valence-corrected chi connectivity index (χ0v) is 24.8. The Morgan fingerprint density at radius 2 is 1.98 bits per heavy atom. The Morgan fingerprint density at radius 3 is 2.80 bits per heavy atom. The van der Waals surface area contributed by atoms with Gasteiger partial charge in [0.1, 0.15) is 17.6 Å². The molecule has 40 heavy (non-hydrogen) atoms. The average Bonchev–Trinajstić information content (AvgIpc) is 3.37. The summed E-state index contributed by atoms with van der Waals surface area (Å²) in [6, 6.07) is 15.3. The summed E-state index contributed by atoms with van der Waals surface area (Å²) in [5.41, 5.74) is 9.84. The van der Waals surface area contributed by atoms with E-state index in [1.165, 1.54) is 6.33 Å². The van der Waals surface area contributed by atoms with Gasteiger partial charge in [0, 0.05) is 11.0 Å². The summed E-state index contributed by atoms with van der Waals surface area (Å²) in [7, 11) is -0.333. The molecule has 1 fully saturated rings. The second-order valence-electron chi connectivity index (χ2n) is 9.59. The first-order valence-corrected chi connectivity index (χ1v) is 17.0. The fourth-order valence-electron chi connectivity index (χ4n) is 4.48. The fourth-order valence-corrected chi connectivity index (χ4v) is 9.25. The third-order valence-corrected chi connectivity index (χ3v) is 10.9. The van der Waals surface area contributed by atoms with Crippen LogP contribution in [0.4, 0.5) is 5.82 Å². The number of fused-ring (bicyclic) bond motifs is 1. The Kier molecular flexibility index (Phi) is 9.34. The van der Waals surface area contributed by atoms with Crippen LogP contribution < -0.4 is 10.3 Å². The van der Waals surface area contributed by atoms with Crippen molar-refractivity contribution in [1.29, 1.82) is 0 Å². The lowest BCUT2D eigenvalue weighted by molar-refractivity contribution is 0.0672. The van der Waals surface area contributed by atoms with E-state index in [0.29, 0.717) is 41.4 Å². The summed E-state index contributed by atoms with van der Waals surface area (Å²) in [6.45, 7) is 4.15. The van der Waals surface area contributed by atoms with Gasteiger partial charge in [0.15, 0.2) is 17.8 Å². The number of para-hydroxylation sites is 1. The van der Waals surface area contributed by atoms with Gasteiger partial charge in [-0.3, -0.25) is 4.52 Å². The molecule has 0 bridgehead atoms. The van der Waals surface area contributed by atoms with Gasteiger partial charge in [-0.25, -0.2) is 19.5 Å². The van der Waals surface area contributed by atoms with Gasteiger partial charge in [0.25, 0.3) is 0 Å². The Balaban J connectivity index is 1.31. The highest BCUT2D eigenvalue weighted by atomic mass is 33.1. The van der Waals surface area contributed by atoms with Gasteiger partial charge in [-0.2, -0.15) is 0 Å². The summed E-state index contributed by atoms with van der Waals surface area (Å²) in [6.07, 6.45) is 2.76. The van der Waals surface area contributed by atoms with Crippen molar-refractivity contribution in [2.75, 3.05) is 17.8 Å². The predicted molar refractivity (Wildman–Crippen MR) is 159 cm³/mol. The number of hydrogen-bond donors (Lipinski definition) is 2. The van der Waals surface area contributed by atoms with Crippen molar-refractivity contribution >= 4 is 46.2 Å². The van der Waals surface area contributed by atoms with E-state index in [2.05, 4.69) is 15.0 Å². The van der Waals surface area contributed by atoms with Crippen LogP contribution in [0.25, 0.3) is 11.2 Å². The van der Waals surface area contributed by atoms with Gasteiger partial charge in [0.05, 0.1) is 31.7 Å². The van der Waals surface area contributed by atoms with E-state index in [1.807, 2.05) is 60.9 Å². The van der Waals surface area contributed by atoms with Gasteiger partial charge < -0.3 is 24.7 Å². The molecule has 0 radical (unpaired) electrons. The number of nitrogen functional groups attached to an aromatic ring is 1. The van der Waals surface area contributed by atoms with Crippen LogP contribution in [0.1, 0.15) is 35.3 Å². The van der Waals surface area contributed by atoms with Gasteiger partial charge in [-0.1, -0.05) is 64.1 Å². The minimum Gasteiger partial charge on any atom is -0.423 e. The molecule has 3 unspecified atom stereocenters. The van der Waals surface area contributed by atoms with Crippen LogP contribution in [-0.2, 0) is 27.0 Å². The number of aryl methyl sites for hydroxylation is 1. The zero-order valence-electron chi connectivity index (χ0n) is 22.3. The van der Waals surface area contributed by atoms with Crippen molar-refractivity contribution in [3.8, 4) is 5.75 Å². The standard InChI is InChI=1S/C27H32N5O5PS2/c1-18-7-3-6-10-23(18)37-38(34,17-35-19(2)12-32-16-31-25-26(28)29-15-30-27(25)32)36-21-11-24(40-39-14-21)22-9-5-4-8-20(22)13-33/h3-10,15-16,19,21,24,33H,11-14,17H2,1-2H3,(H2,28,29,30)/t19-,21?,24?,38?/m1/s1. The molecule has 2 aromatic heterocycles. The SMILES string of the molecule is Cc1ccccc1OP(=O)(CO[C@H](C)Cn1cnc2c(N)ncnc21)OC1CSSC(c2ccccc2CO)C1. The van der Waals surface area contributed by atoms with E-state index >= 15 is 0 Å². The number of ether oxygens (including phenoxy) is 1. The molecule has 212 valence electrons. The molecule has 1 aliphatic heterocycles. The zero-order chi connectivity index (χ0) is 28.1. The molecule has 4 aromatic rings. The highest BCUT2D eigenvalue weighted by molar-refractivity contribution is 8.76. The average molecular weight is 602 g/mol. The lowest BCUT2D eigenvalue weighted by Crippen LogP contribution is -2.24. The monoisotopic (exact) mass is 601 g/mol. The number of anilines is 1. The van der Waals surface area contributed by atoms with E-state index in [0.717, 1.165) is 16.7 Å². The lowest BCUT2D eigenvalue weighted by atomic mass is 10.0. The second-order valence-corrected chi connectivity index (χ2v) is 14.1. The molecule has 0 amide bonds. The van der Waals surface area contributed by atoms with Crippen molar-refractivity contribution in [2.24, 2.45) is 0 Å². The van der Waals surface area contributed by atoms with E-state index in [9.17, 15) is 9.67 Å². The highest BCUT2D eigenvalue weighted by Gasteiger charge is 2.36. The molecule has 1 aliphatic rings. The molecule has 5 rings (SSSR count). The van der Waals surface area contributed by atoms with Crippen LogP contribution in [0, 0.1) is 6.92 Å². The van der Waals surface area contributed by atoms with Gasteiger partial charge in [-0.15, -0.1) is 0 Å². The summed E-state index contributed by atoms with van der Waals surface area (Å²) in [5, 5.41) is 9.92. The van der Waals surface area contributed by atoms with Crippen molar-refractivity contribution in [2.45, 2.75) is 50.9 Å². The third-order valence-electron chi connectivity index (χ3n) is 6.53. The summed E-state index contributed by atoms with van der Waals surface area (Å²) in [4.78, 5) is 12.6. The largest absolute Gasteiger partial charge is 0.423 e. The quantitative estimate of drug-likeness (QED) is 0.161. The molecule has 0 saturated carbocycles. The van der Waals surface area contributed by atoms with Crippen LogP contribution in [0.2, 0.25) is 0 Å². The highest BCUT2D eigenvalue weighted by Crippen LogP contribution is 2.55. The Morgan fingerprint density at radius 1 is 1.18 bits per heavy atom. The van der Waals surface area contributed by atoms with Gasteiger partial charge in [0.2, 0.25) is 0 Å². The minimum absolute atomic E-state index is 0.0329. The maximum Gasteiger partial charge on any atom is 0.405 e. The smallest absolute Gasteiger partial charge is 0.405 e. The third kappa shape index (κ3) is 6.82. The molecule has 0 spiro atoms. The number of nitrogens with zero attached hydrogens (tertiary/aromatic N) is 4. The van der Waals surface area contributed by atoms with Crippen LogP contribution in [0.5, 0.6) is 5.75 Å². The summed E-state index contributed by atoms with van der Waals surface area (Å²) < 4.78 is 34.5. The first-order valence-electron chi connectivity index (χ1n) is 12.9. The maximum absolute atomic E-state index is 14.3. The summed E-state index contributed by atoms with van der Waals surface area (Å²) >= 11 is 0. The normalized spacial score (nSPS) is 19.8. The fraction of sp³-hybridized carbons (Fsp3) is 0.370. The maximum atomic E-state index is 14.3. The van der Waals surface area contributed by atoms with Crippen LogP contribution >= 0.6 is 29.2 Å². The Labute approximate surface area is 241 Å². The minimum atomic E-state index is -3.74. The van der Waals surface area contributed by atoms with Gasteiger partial charge in [-0.05, 0) is 43.0 Å². The molecule has 3 N–H and O–H groups in total. The molecular formula is C27H32N5O5PS2. The Bertz CT molecular complexity index is 1510. The first kappa shape index (κ1) is 28.9. The molecule has 1 saturated heterocycles. The van der Waals surface area contributed by atoms with E-state index in [4.69, 9.17) is 19.5 Å². The van der Waals surface area contributed by atoms with Crippen molar-refractivity contribution < 1.29 is 23.5 Å². The Hall–Kier alpha value is -2.60. The number of hydrogen-bond acceptors (Lipinski definition) is 11. The molecule has 0 aliphatic carbocycles. The van der Waals surface area contributed by atoms with Crippen molar-refractivity contribution in [1.82, 2.24) is 19.5 Å². The molecule has 10 nitrogen and oxygen atoms in total. The number of imidazole rings is 1. The molecule has 2 aromatic carbocycles. The van der Waals surface area contributed by atoms with Crippen LogP contribution in [-0.4, -0.2) is 48.9 Å².